The van der Waals surface area contributed by atoms with Crippen LogP contribution in [0.25, 0.3) is 21.9 Å². The summed E-state index contributed by atoms with van der Waals surface area (Å²) in [6, 6.07) is 10.7. The van der Waals surface area contributed by atoms with Gasteiger partial charge in [-0.25, -0.2) is 13.8 Å². The third-order valence-corrected chi connectivity index (χ3v) is 6.81. The van der Waals surface area contributed by atoms with Crippen LogP contribution in [0.1, 0.15) is 10.4 Å². The number of nitrogens with zero attached hydrogens (tertiary/aromatic N) is 5. The highest BCUT2D eigenvalue weighted by Crippen LogP contribution is 2.28. The van der Waals surface area contributed by atoms with E-state index in [0.29, 0.717) is 48.4 Å². The second-order valence-corrected chi connectivity index (χ2v) is 10.8. The van der Waals surface area contributed by atoms with Crippen molar-refractivity contribution in [3.63, 3.8) is 0 Å². The molecule has 0 unspecified atom stereocenters. The van der Waals surface area contributed by atoms with Gasteiger partial charge < -0.3 is 33.9 Å². The smallest absolute Gasteiger partial charge is 0.200 e. The lowest BCUT2D eigenvalue weighted by Gasteiger charge is -2.37. The molecule has 212 valence electrons. The minimum Gasteiger partial charge on any atom is -0.545 e. The molecule has 1 aliphatic rings. The number of hydrogen-bond donors (Lipinski definition) is 1. The summed E-state index contributed by atoms with van der Waals surface area (Å²) in [4.78, 5) is 32.3. The van der Waals surface area contributed by atoms with Gasteiger partial charge in [-0.05, 0) is 42.5 Å². The number of carboxylic acids is 1. The highest BCUT2D eigenvalue weighted by Gasteiger charge is 2.21. The number of likely N-dealkylation sites (N-methyl/N-ethyl adjacent to an activating group) is 1. The summed E-state index contributed by atoms with van der Waals surface area (Å²) in [7, 11) is 7.74. The quantitative estimate of drug-likeness (QED) is 0.297. The molecule has 1 N–H and O–H groups in total. The van der Waals surface area contributed by atoms with Gasteiger partial charge in [0.2, 0.25) is 0 Å². The molecule has 3 heterocycles. The maximum absolute atomic E-state index is 15.0. The molecule has 0 radical (unpaired) electrons. The molecule has 0 bridgehead atoms. The number of pyridine rings is 2. The average molecular weight is 554 g/mol. The average Bonchev–Trinajstić information content (AvgIpc) is 2.90. The van der Waals surface area contributed by atoms with E-state index in [4.69, 9.17) is 5.11 Å². The van der Waals surface area contributed by atoms with Gasteiger partial charge in [0.25, 0.3) is 0 Å². The molecular weight excluding hydrogens is 520 g/mol. The Hall–Kier alpha value is -4.09. The fraction of sp³-hybridized carbons (Fsp3) is 0.345. The highest BCUT2D eigenvalue weighted by atomic mass is 19.1. The first-order chi connectivity index (χ1) is 18.9. The normalized spacial score (nSPS) is 13.9. The van der Waals surface area contributed by atoms with Crippen molar-refractivity contribution in [2.45, 2.75) is 0 Å². The van der Waals surface area contributed by atoms with Gasteiger partial charge in [-0.1, -0.05) is 0 Å². The van der Waals surface area contributed by atoms with Crippen molar-refractivity contribution in [2.24, 2.45) is 7.05 Å². The Morgan fingerprint density at radius 3 is 2.20 bits per heavy atom. The fourth-order valence-corrected chi connectivity index (χ4v) is 4.61. The van der Waals surface area contributed by atoms with Gasteiger partial charge >= 0.3 is 0 Å². The first-order valence-electron chi connectivity index (χ1n) is 12.9. The molecule has 5 rings (SSSR count). The number of aliphatic hydroxyl groups excluding tert-OH is 1. The van der Waals surface area contributed by atoms with Crippen LogP contribution >= 0.6 is 0 Å². The number of carbonyl (C=O) groups is 1. The predicted octanol–water partition coefficient (Wildman–Crippen LogP) is 1.74. The molecule has 0 amide bonds. The molecule has 0 aliphatic carbocycles. The number of carboxylic acid groups (broad SMARTS) is 1. The summed E-state index contributed by atoms with van der Waals surface area (Å²) < 4.78 is 30.5. The van der Waals surface area contributed by atoms with Crippen LogP contribution in [0.4, 0.5) is 20.2 Å². The van der Waals surface area contributed by atoms with Gasteiger partial charge in [0.1, 0.15) is 23.8 Å². The monoisotopic (exact) mass is 553 g/mol. The fourth-order valence-electron chi connectivity index (χ4n) is 4.61. The molecule has 1 fully saturated rings. The molecule has 0 spiro atoms. The number of rotatable bonds is 5. The maximum Gasteiger partial charge on any atom is 0.200 e. The lowest BCUT2D eigenvalue weighted by Crippen LogP contribution is -2.46. The van der Waals surface area contributed by atoms with Gasteiger partial charge in [0, 0.05) is 50.5 Å². The largest absolute Gasteiger partial charge is 0.545 e. The van der Waals surface area contributed by atoms with Crippen LogP contribution in [-0.4, -0.2) is 85.6 Å². The van der Waals surface area contributed by atoms with Crippen molar-refractivity contribution >= 4 is 39.3 Å². The van der Waals surface area contributed by atoms with Gasteiger partial charge in [-0.15, -0.1) is 0 Å². The number of quaternary nitrogens is 1. The van der Waals surface area contributed by atoms with Gasteiger partial charge in [0.05, 0.1) is 55.9 Å². The Labute approximate surface area is 230 Å². The Morgan fingerprint density at radius 1 is 1.02 bits per heavy atom. The van der Waals surface area contributed by atoms with Gasteiger partial charge in [-0.3, -0.25) is 4.79 Å². The molecule has 9 nitrogen and oxygen atoms in total. The number of aromatic carboxylic acids is 1. The zero-order valence-electron chi connectivity index (χ0n) is 23.0. The van der Waals surface area contributed by atoms with Crippen LogP contribution in [0.15, 0.2) is 53.5 Å². The Morgan fingerprint density at radius 2 is 1.65 bits per heavy atom. The Balaban J connectivity index is 0.000000470. The lowest BCUT2D eigenvalue weighted by molar-refractivity contribution is -0.870. The zero-order chi connectivity index (χ0) is 29.2. The van der Waals surface area contributed by atoms with Crippen molar-refractivity contribution in [1.29, 1.82) is 0 Å². The molecule has 40 heavy (non-hydrogen) atoms. The van der Waals surface area contributed by atoms with Crippen LogP contribution in [0.2, 0.25) is 0 Å². The molecule has 2 aromatic carbocycles. The maximum atomic E-state index is 15.0. The van der Waals surface area contributed by atoms with Crippen LogP contribution in [-0.2, 0) is 7.05 Å². The molecule has 0 atom stereocenters. The summed E-state index contributed by atoms with van der Waals surface area (Å²) in [6.07, 6.45) is 1.18. The second kappa shape index (κ2) is 11.6. The van der Waals surface area contributed by atoms with Crippen molar-refractivity contribution in [3.05, 3.63) is 76.1 Å². The van der Waals surface area contributed by atoms with E-state index in [1.54, 1.807) is 25.2 Å². The topological polar surface area (TPSA) is 102 Å². The summed E-state index contributed by atoms with van der Waals surface area (Å²) in [5.41, 5.74) is 0.942. The number of carbonyl (C=O) groups excluding carboxylic acids is 1. The predicted molar refractivity (Wildman–Crippen MR) is 150 cm³/mol. The van der Waals surface area contributed by atoms with E-state index in [9.17, 15) is 19.1 Å². The summed E-state index contributed by atoms with van der Waals surface area (Å²) >= 11 is 0. The molecule has 1 saturated heterocycles. The third kappa shape index (κ3) is 6.37. The number of piperazine rings is 1. The Bertz CT molecular complexity index is 1590. The number of anilines is 2. The summed E-state index contributed by atoms with van der Waals surface area (Å²) in [5, 5.41) is 20.1. The van der Waals surface area contributed by atoms with Crippen LogP contribution in [0.5, 0.6) is 0 Å². The number of aliphatic hydroxyl groups is 1. The minimum atomic E-state index is -1.57. The summed E-state index contributed by atoms with van der Waals surface area (Å²) in [5.74, 6) is -2.31. The molecule has 1 aliphatic heterocycles. The SMILES string of the molecule is C[N+](C)(C)CCO.Cn1cc(C(=O)[O-])c(=O)c2cc3cc(F)c(N4CCN(c5ccc(F)cc5)CC4)cc3nc21. The van der Waals surface area contributed by atoms with Crippen molar-refractivity contribution in [3.8, 4) is 0 Å². The number of fused-ring (bicyclic) bond motifs is 2. The second-order valence-electron chi connectivity index (χ2n) is 10.8. The zero-order valence-corrected chi connectivity index (χ0v) is 23.0. The van der Waals surface area contributed by atoms with E-state index >= 15 is 4.39 Å². The van der Waals surface area contributed by atoms with E-state index in [2.05, 4.69) is 31.0 Å². The van der Waals surface area contributed by atoms with E-state index in [-0.39, 0.29) is 17.8 Å². The molecule has 2 aromatic heterocycles. The van der Waals surface area contributed by atoms with Crippen LogP contribution in [0.3, 0.4) is 0 Å². The standard InChI is InChI=1S/C24H20F2N4O3.C5H14NO/c1-28-13-18(24(32)33)22(31)17-10-14-11-19(26)21(12-20(14)27-23(17)28)30-8-6-29(7-9-30)16-4-2-15(25)3-5-16;1-6(2,3)4-5-7/h2-5,10-13H,6-9H2,1H3,(H,32,33);7H,4-5H2,1-3H3/q;+1/p-1. The first-order valence-corrected chi connectivity index (χ1v) is 12.9. The number of halogens is 2. The number of aromatic nitrogens is 2. The van der Waals surface area contributed by atoms with Crippen LogP contribution in [0, 0.1) is 11.6 Å². The van der Waals surface area contributed by atoms with E-state index in [1.165, 1.54) is 35.0 Å². The number of benzene rings is 2. The molecular formula is C29H33F2N5O4. The van der Waals surface area contributed by atoms with Gasteiger partial charge in [-0.2, -0.15) is 0 Å². The molecule has 0 saturated carbocycles. The first kappa shape index (κ1) is 28.9. The highest BCUT2D eigenvalue weighted by molar-refractivity contribution is 5.96. The van der Waals surface area contributed by atoms with Crippen molar-refractivity contribution in [1.82, 2.24) is 9.55 Å². The molecule has 11 heteroatoms. The minimum absolute atomic E-state index is 0.0896. The lowest BCUT2D eigenvalue weighted by atomic mass is 10.1. The van der Waals surface area contributed by atoms with Crippen molar-refractivity contribution in [2.75, 3.05) is 70.3 Å². The number of aryl methyl sites for hydroxylation is 1. The van der Waals surface area contributed by atoms with E-state index in [1.807, 2.05) is 4.90 Å². The van der Waals surface area contributed by atoms with Crippen molar-refractivity contribution < 1.29 is 28.3 Å². The van der Waals surface area contributed by atoms with E-state index < -0.39 is 22.8 Å². The number of hydrogen-bond acceptors (Lipinski definition) is 7. The molecule has 4 aromatic rings. The van der Waals surface area contributed by atoms with Crippen LogP contribution < -0.4 is 20.3 Å². The third-order valence-electron chi connectivity index (χ3n) is 6.81. The Kier molecular flexibility index (Phi) is 8.36. The summed E-state index contributed by atoms with van der Waals surface area (Å²) in [6.45, 7) is 3.55. The van der Waals surface area contributed by atoms with E-state index in [0.717, 1.165) is 16.7 Å². The van der Waals surface area contributed by atoms with Gasteiger partial charge in [0.15, 0.2) is 5.43 Å².